The number of hydrogen-bond donors (Lipinski definition) is 3. The average Bonchev–Trinajstić information content (AvgIpc) is 3.22. The van der Waals surface area contributed by atoms with Crippen LogP contribution in [-0.4, -0.2) is 37.3 Å². The van der Waals surface area contributed by atoms with Crippen LogP contribution >= 0.6 is 0 Å². The SMILES string of the molecule is O=C(CNCC1CC1)NCC1(CO)CCCCC1. The van der Waals surface area contributed by atoms with Crippen LogP contribution in [0.2, 0.25) is 0 Å². The third-order valence-corrected chi connectivity index (χ3v) is 4.33. The molecular weight excluding hydrogens is 228 g/mol. The maximum atomic E-state index is 11.7. The second-order valence-electron chi connectivity index (χ2n) is 6.07. The molecule has 0 atom stereocenters. The first-order valence-corrected chi connectivity index (χ1v) is 7.32. The normalized spacial score (nSPS) is 22.7. The van der Waals surface area contributed by atoms with Gasteiger partial charge in [-0.3, -0.25) is 4.79 Å². The van der Waals surface area contributed by atoms with E-state index in [9.17, 15) is 9.90 Å². The van der Waals surface area contributed by atoms with Gasteiger partial charge in [0.1, 0.15) is 0 Å². The van der Waals surface area contributed by atoms with E-state index in [0.29, 0.717) is 13.1 Å². The van der Waals surface area contributed by atoms with Crippen molar-refractivity contribution in [2.24, 2.45) is 11.3 Å². The van der Waals surface area contributed by atoms with E-state index >= 15 is 0 Å². The molecule has 0 aliphatic heterocycles. The summed E-state index contributed by atoms with van der Waals surface area (Å²) in [5.41, 5.74) is -0.0512. The molecule has 2 saturated carbocycles. The fourth-order valence-corrected chi connectivity index (χ4v) is 2.75. The highest BCUT2D eigenvalue weighted by Gasteiger charge is 2.31. The van der Waals surface area contributed by atoms with E-state index < -0.39 is 0 Å². The van der Waals surface area contributed by atoms with Gasteiger partial charge in [0.2, 0.25) is 5.91 Å². The van der Waals surface area contributed by atoms with Crippen molar-refractivity contribution in [2.75, 3.05) is 26.2 Å². The average molecular weight is 254 g/mol. The third kappa shape index (κ3) is 4.25. The van der Waals surface area contributed by atoms with E-state index in [1.807, 2.05) is 0 Å². The summed E-state index contributed by atoms with van der Waals surface area (Å²) in [6.07, 6.45) is 8.31. The summed E-state index contributed by atoms with van der Waals surface area (Å²) in [5, 5.41) is 15.7. The van der Waals surface area contributed by atoms with Crippen molar-refractivity contribution in [1.29, 1.82) is 0 Å². The molecule has 0 bridgehead atoms. The summed E-state index contributed by atoms with van der Waals surface area (Å²) in [4.78, 5) is 11.7. The Morgan fingerprint density at radius 3 is 2.56 bits per heavy atom. The molecule has 4 nitrogen and oxygen atoms in total. The molecule has 0 spiro atoms. The standard InChI is InChI=1S/C14H26N2O2/c17-11-14(6-2-1-3-7-14)10-16-13(18)9-15-8-12-4-5-12/h12,15,17H,1-11H2,(H,16,18). The number of aliphatic hydroxyl groups is 1. The van der Waals surface area contributed by atoms with Gasteiger partial charge < -0.3 is 15.7 Å². The molecule has 2 aliphatic carbocycles. The molecule has 0 aromatic carbocycles. The summed E-state index contributed by atoms with van der Waals surface area (Å²) in [5.74, 6) is 0.869. The molecule has 4 heteroatoms. The van der Waals surface area contributed by atoms with Gasteiger partial charge in [0.25, 0.3) is 0 Å². The highest BCUT2D eigenvalue weighted by atomic mass is 16.3. The smallest absolute Gasteiger partial charge is 0.233 e. The van der Waals surface area contributed by atoms with Gasteiger partial charge in [-0.05, 0) is 38.1 Å². The lowest BCUT2D eigenvalue weighted by atomic mass is 9.74. The fraction of sp³-hybridized carbons (Fsp3) is 0.929. The Balaban J connectivity index is 1.63. The Bertz CT molecular complexity index is 271. The second-order valence-corrected chi connectivity index (χ2v) is 6.07. The molecule has 1 amide bonds. The summed E-state index contributed by atoms with van der Waals surface area (Å²) in [6, 6.07) is 0. The van der Waals surface area contributed by atoms with Crippen molar-refractivity contribution in [3.63, 3.8) is 0 Å². The van der Waals surface area contributed by atoms with Crippen LogP contribution in [0.5, 0.6) is 0 Å². The van der Waals surface area contributed by atoms with Gasteiger partial charge in [0.15, 0.2) is 0 Å². The van der Waals surface area contributed by atoms with Crippen LogP contribution in [0.1, 0.15) is 44.9 Å². The minimum Gasteiger partial charge on any atom is -0.396 e. The van der Waals surface area contributed by atoms with Gasteiger partial charge in [-0.15, -0.1) is 0 Å². The molecule has 2 rings (SSSR count). The van der Waals surface area contributed by atoms with E-state index in [4.69, 9.17) is 0 Å². The number of nitrogens with one attached hydrogen (secondary N) is 2. The van der Waals surface area contributed by atoms with Crippen molar-refractivity contribution >= 4 is 5.91 Å². The number of rotatable bonds is 7. The molecular formula is C14H26N2O2. The molecule has 104 valence electrons. The topological polar surface area (TPSA) is 61.4 Å². The van der Waals surface area contributed by atoms with Crippen LogP contribution in [0.25, 0.3) is 0 Å². The second kappa shape index (κ2) is 6.53. The third-order valence-electron chi connectivity index (χ3n) is 4.33. The Labute approximate surface area is 110 Å². The summed E-state index contributed by atoms with van der Waals surface area (Å²) < 4.78 is 0. The summed E-state index contributed by atoms with van der Waals surface area (Å²) >= 11 is 0. The van der Waals surface area contributed by atoms with Crippen molar-refractivity contribution < 1.29 is 9.90 Å². The zero-order valence-corrected chi connectivity index (χ0v) is 11.2. The lowest BCUT2D eigenvalue weighted by Gasteiger charge is -2.35. The molecule has 0 aromatic heterocycles. The van der Waals surface area contributed by atoms with Crippen molar-refractivity contribution in [2.45, 2.75) is 44.9 Å². The van der Waals surface area contributed by atoms with E-state index in [1.165, 1.54) is 32.1 Å². The highest BCUT2D eigenvalue weighted by molar-refractivity contribution is 5.78. The predicted molar refractivity (Wildman–Crippen MR) is 71.2 cm³/mol. The first-order valence-electron chi connectivity index (χ1n) is 7.32. The number of hydrogen-bond acceptors (Lipinski definition) is 3. The molecule has 18 heavy (non-hydrogen) atoms. The molecule has 3 N–H and O–H groups in total. The van der Waals surface area contributed by atoms with E-state index in [1.54, 1.807) is 0 Å². The largest absolute Gasteiger partial charge is 0.396 e. The first-order chi connectivity index (χ1) is 8.74. The zero-order valence-electron chi connectivity index (χ0n) is 11.2. The molecule has 0 heterocycles. The van der Waals surface area contributed by atoms with Crippen LogP contribution in [-0.2, 0) is 4.79 Å². The van der Waals surface area contributed by atoms with Crippen LogP contribution in [0.4, 0.5) is 0 Å². The molecule has 0 unspecified atom stereocenters. The van der Waals surface area contributed by atoms with Crippen LogP contribution < -0.4 is 10.6 Å². The van der Waals surface area contributed by atoms with Gasteiger partial charge in [-0.2, -0.15) is 0 Å². The summed E-state index contributed by atoms with van der Waals surface area (Å²) in [7, 11) is 0. The van der Waals surface area contributed by atoms with Gasteiger partial charge in [0.05, 0.1) is 13.2 Å². The van der Waals surface area contributed by atoms with Gasteiger partial charge >= 0.3 is 0 Å². The zero-order chi connectivity index (χ0) is 12.8. The summed E-state index contributed by atoms with van der Waals surface area (Å²) in [6.45, 7) is 2.22. The van der Waals surface area contributed by atoms with E-state index in [2.05, 4.69) is 10.6 Å². The van der Waals surface area contributed by atoms with Gasteiger partial charge in [-0.25, -0.2) is 0 Å². The van der Waals surface area contributed by atoms with E-state index in [-0.39, 0.29) is 17.9 Å². The minimum absolute atomic E-state index is 0.0512. The van der Waals surface area contributed by atoms with Gasteiger partial charge in [-0.1, -0.05) is 19.3 Å². The molecule has 0 aromatic rings. The maximum absolute atomic E-state index is 11.7. The predicted octanol–water partition coefficient (Wildman–Crippen LogP) is 1.04. The first kappa shape index (κ1) is 13.8. The minimum atomic E-state index is -0.0512. The van der Waals surface area contributed by atoms with Crippen molar-refractivity contribution in [1.82, 2.24) is 10.6 Å². The quantitative estimate of drug-likeness (QED) is 0.636. The number of aliphatic hydroxyl groups excluding tert-OH is 1. The molecule has 2 aliphatic rings. The van der Waals surface area contributed by atoms with Crippen molar-refractivity contribution in [3.05, 3.63) is 0 Å². The van der Waals surface area contributed by atoms with Crippen molar-refractivity contribution in [3.8, 4) is 0 Å². The lowest BCUT2D eigenvalue weighted by molar-refractivity contribution is -0.121. The van der Waals surface area contributed by atoms with Crippen LogP contribution in [0, 0.1) is 11.3 Å². The Morgan fingerprint density at radius 2 is 1.94 bits per heavy atom. The Kier molecular flexibility index (Phi) is 5.01. The molecule has 0 radical (unpaired) electrons. The Hall–Kier alpha value is -0.610. The van der Waals surface area contributed by atoms with Gasteiger partial charge in [0, 0.05) is 12.0 Å². The number of amides is 1. The monoisotopic (exact) mass is 254 g/mol. The molecule has 2 fully saturated rings. The van der Waals surface area contributed by atoms with Crippen LogP contribution in [0.3, 0.4) is 0 Å². The fourth-order valence-electron chi connectivity index (χ4n) is 2.75. The molecule has 0 saturated heterocycles. The number of carbonyl (C=O) groups excluding carboxylic acids is 1. The highest BCUT2D eigenvalue weighted by Crippen LogP contribution is 2.35. The van der Waals surface area contributed by atoms with E-state index in [0.717, 1.165) is 25.3 Å². The lowest BCUT2D eigenvalue weighted by Crippen LogP contribution is -2.44. The number of carbonyl (C=O) groups is 1. The van der Waals surface area contributed by atoms with Crippen LogP contribution in [0.15, 0.2) is 0 Å². The Morgan fingerprint density at radius 1 is 1.22 bits per heavy atom. The maximum Gasteiger partial charge on any atom is 0.233 e.